The van der Waals surface area contributed by atoms with Crippen molar-refractivity contribution >= 4 is 34.5 Å². The zero-order valence-electron chi connectivity index (χ0n) is 13.4. The Labute approximate surface area is 144 Å². The van der Waals surface area contributed by atoms with Gasteiger partial charge in [-0.05, 0) is 53.8 Å². The summed E-state index contributed by atoms with van der Waals surface area (Å²) in [5.74, 6) is -0.219. The van der Waals surface area contributed by atoms with Crippen molar-refractivity contribution in [1.29, 1.82) is 0 Å². The molecule has 1 atom stereocenters. The molecule has 1 unspecified atom stereocenters. The second kappa shape index (κ2) is 6.03. The summed E-state index contributed by atoms with van der Waals surface area (Å²) < 4.78 is 0. The molecule has 24 heavy (non-hydrogen) atoms. The molecule has 6 heteroatoms. The van der Waals surface area contributed by atoms with Gasteiger partial charge < -0.3 is 10.6 Å². The summed E-state index contributed by atoms with van der Waals surface area (Å²) in [6.07, 6.45) is 1.93. The summed E-state index contributed by atoms with van der Waals surface area (Å²) in [5.41, 5.74) is 4.23. The van der Waals surface area contributed by atoms with Gasteiger partial charge in [0.2, 0.25) is 11.8 Å². The third-order valence-electron chi connectivity index (χ3n) is 4.66. The molecule has 0 spiro atoms. The molecule has 2 heterocycles. The molecule has 2 amide bonds. The summed E-state index contributed by atoms with van der Waals surface area (Å²) >= 11 is 1.74. The molecule has 0 radical (unpaired) electrons. The van der Waals surface area contributed by atoms with Gasteiger partial charge >= 0.3 is 0 Å². The number of nitrogens with zero attached hydrogens (tertiary/aromatic N) is 1. The van der Waals surface area contributed by atoms with Crippen LogP contribution in [0.1, 0.15) is 18.1 Å². The van der Waals surface area contributed by atoms with E-state index < -0.39 is 0 Å². The maximum absolute atomic E-state index is 12.9. The third-order valence-corrected chi connectivity index (χ3v) is 5.50. The van der Waals surface area contributed by atoms with Gasteiger partial charge in [0.15, 0.2) is 0 Å². The van der Waals surface area contributed by atoms with Crippen LogP contribution < -0.4 is 15.5 Å². The van der Waals surface area contributed by atoms with Gasteiger partial charge in [-0.2, -0.15) is 11.3 Å². The van der Waals surface area contributed by atoms with E-state index in [9.17, 15) is 9.59 Å². The SMILES string of the molecule is CC(NC1Cc2cscc2C1)C(=O)N1CC(=O)Nc2ccccc21. The quantitative estimate of drug-likeness (QED) is 0.899. The molecular weight excluding hydrogens is 322 g/mol. The second-order valence-corrected chi connectivity index (χ2v) is 7.15. The van der Waals surface area contributed by atoms with Crippen LogP contribution in [-0.4, -0.2) is 30.4 Å². The molecule has 2 aromatic rings. The number of benzene rings is 1. The number of nitrogens with one attached hydrogen (secondary N) is 2. The Morgan fingerprint density at radius 3 is 2.75 bits per heavy atom. The number of hydrogen-bond acceptors (Lipinski definition) is 4. The molecule has 0 saturated heterocycles. The maximum atomic E-state index is 12.9. The molecule has 4 rings (SSSR count). The van der Waals surface area contributed by atoms with E-state index in [0.717, 1.165) is 18.5 Å². The molecule has 5 nitrogen and oxygen atoms in total. The van der Waals surface area contributed by atoms with Crippen LogP contribution in [0.15, 0.2) is 35.0 Å². The molecule has 124 valence electrons. The Hall–Kier alpha value is -2.18. The molecule has 0 bridgehead atoms. The van der Waals surface area contributed by atoms with Crippen molar-refractivity contribution in [2.24, 2.45) is 0 Å². The van der Waals surface area contributed by atoms with Crippen molar-refractivity contribution < 1.29 is 9.59 Å². The summed E-state index contributed by atoms with van der Waals surface area (Å²) in [4.78, 5) is 26.4. The fraction of sp³-hybridized carbons (Fsp3) is 0.333. The standard InChI is InChI=1S/C18H19N3O2S/c1-11(19-14-6-12-9-24-10-13(12)7-14)18(23)21-8-17(22)20-15-4-2-3-5-16(15)21/h2-5,9-11,14,19H,6-8H2,1H3,(H,20,22). The first-order valence-electron chi connectivity index (χ1n) is 8.12. The number of carbonyl (C=O) groups is 2. The van der Waals surface area contributed by atoms with Gasteiger partial charge in [-0.15, -0.1) is 0 Å². The minimum absolute atomic E-state index is 0.0632. The van der Waals surface area contributed by atoms with E-state index >= 15 is 0 Å². The second-order valence-electron chi connectivity index (χ2n) is 6.41. The van der Waals surface area contributed by atoms with Crippen LogP contribution in [0.3, 0.4) is 0 Å². The first-order valence-corrected chi connectivity index (χ1v) is 9.06. The van der Waals surface area contributed by atoms with Gasteiger partial charge in [-0.3, -0.25) is 14.5 Å². The van der Waals surface area contributed by atoms with E-state index in [1.54, 1.807) is 16.2 Å². The number of fused-ring (bicyclic) bond motifs is 2. The molecule has 2 N–H and O–H groups in total. The van der Waals surface area contributed by atoms with Gasteiger partial charge in [0.25, 0.3) is 0 Å². The van der Waals surface area contributed by atoms with Crippen molar-refractivity contribution in [2.75, 3.05) is 16.8 Å². The molecule has 0 saturated carbocycles. The number of thiophene rings is 1. The summed E-state index contributed by atoms with van der Waals surface area (Å²) in [6.45, 7) is 1.95. The fourth-order valence-corrected chi connectivity index (χ4v) is 4.41. The molecule has 0 fully saturated rings. The first-order chi connectivity index (χ1) is 11.6. The normalized spacial score (nSPS) is 18.0. The lowest BCUT2D eigenvalue weighted by atomic mass is 10.1. The van der Waals surface area contributed by atoms with Crippen LogP contribution >= 0.6 is 11.3 Å². The number of carbonyl (C=O) groups excluding carboxylic acids is 2. The zero-order chi connectivity index (χ0) is 16.7. The maximum Gasteiger partial charge on any atom is 0.244 e. The molecule has 1 aromatic carbocycles. The Bertz CT molecular complexity index is 781. The zero-order valence-corrected chi connectivity index (χ0v) is 14.2. The van der Waals surface area contributed by atoms with Crippen molar-refractivity contribution in [2.45, 2.75) is 31.8 Å². The number of amides is 2. The highest BCUT2D eigenvalue weighted by molar-refractivity contribution is 7.08. The summed E-state index contributed by atoms with van der Waals surface area (Å²) in [7, 11) is 0. The Morgan fingerprint density at radius 1 is 1.29 bits per heavy atom. The van der Waals surface area contributed by atoms with Gasteiger partial charge in [0.1, 0.15) is 6.54 Å². The van der Waals surface area contributed by atoms with Gasteiger partial charge in [-0.25, -0.2) is 0 Å². The highest BCUT2D eigenvalue weighted by atomic mass is 32.1. The van der Waals surface area contributed by atoms with E-state index in [-0.39, 0.29) is 30.4 Å². The highest BCUT2D eigenvalue weighted by Crippen LogP contribution is 2.30. The molecular formula is C18H19N3O2S. The highest BCUT2D eigenvalue weighted by Gasteiger charge is 2.31. The number of anilines is 2. The van der Waals surface area contributed by atoms with Gasteiger partial charge in [0, 0.05) is 6.04 Å². The van der Waals surface area contributed by atoms with E-state index in [2.05, 4.69) is 21.4 Å². The Morgan fingerprint density at radius 2 is 2.00 bits per heavy atom. The molecule has 1 aliphatic heterocycles. The van der Waals surface area contributed by atoms with E-state index in [1.807, 2.05) is 31.2 Å². The predicted molar refractivity (Wildman–Crippen MR) is 95.5 cm³/mol. The van der Waals surface area contributed by atoms with Crippen LogP contribution in [-0.2, 0) is 22.4 Å². The van der Waals surface area contributed by atoms with Crippen molar-refractivity contribution in [3.05, 3.63) is 46.2 Å². The molecule has 2 aliphatic rings. The first kappa shape index (κ1) is 15.4. The minimum atomic E-state index is -0.332. The molecule has 1 aromatic heterocycles. The monoisotopic (exact) mass is 341 g/mol. The summed E-state index contributed by atoms with van der Waals surface area (Å²) in [5, 5.41) is 10.6. The number of para-hydroxylation sites is 2. The lowest BCUT2D eigenvalue weighted by molar-refractivity contribution is -0.123. The number of rotatable bonds is 3. The van der Waals surface area contributed by atoms with E-state index in [1.165, 1.54) is 11.1 Å². The average Bonchev–Trinajstić information content (AvgIpc) is 3.14. The van der Waals surface area contributed by atoms with Crippen LogP contribution in [0.5, 0.6) is 0 Å². The topological polar surface area (TPSA) is 61.4 Å². The predicted octanol–water partition coefficient (Wildman–Crippen LogP) is 2.18. The largest absolute Gasteiger partial charge is 0.323 e. The smallest absolute Gasteiger partial charge is 0.244 e. The van der Waals surface area contributed by atoms with Crippen LogP contribution in [0.2, 0.25) is 0 Å². The van der Waals surface area contributed by atoms with Crippen LogP contribution in [0.4, 0.5) is 11.4 Å². The third kappa shape index (κ3) is 2.72. The molecule has 1 aliphatic carbocycles. The lowest BCUT2D eigenvalue weighted by Gasteiger charge is -2.32. The van der Waals surface area contributed by atoms with Crippen molar-refractivity contribution in [3.8, 4) is 0 Å². The van der Waals surface area contributed by atoms with Crippen LogP contribution in [0, 0.1) is 0 Å². The van der Waals surface area contributed by atoms with E-state index in [0.29, 0.717) is 5.69 Å². The average molecular weight is 341 g/mol. The minimum Gasteiger partial charge on any atom is -0.323 e. The Balaban J connectivity index is 1.47. The van der Waals surface area contributed by atoms with Gasteiger partial charge in [-0.1, -0.05) is 12.1 Å². The van der Waals surface area contributed by atoms with Crippen molar-refractivity contribution in [1.82, 2.24) is 5.32 Å². The van der Waals surface area contributed by atoms with Gasteiger partial charge in [0.05, 0.1) is 17.4 Å². The summed E-state index contributed by atoms with van der Waals surface area (Å²) in [6, 6.07) is 7.37. The van der Waals surface area contributed by atoms with Crippen molar-refractivity contribution in [3.63, 3.8) is 0 Å². The fourth-order valence-electron chi connectivity index (χ4n) is 3.52. The van der Waals surface area contributed by atoms with Crippen LogP contribution in [0.25, 0.3) is 0 Å². The Kier molecular flexibility index (Phi) is 3.86. The lowest BCUT2D eigenvalue weighted by Crippen LogP contribution is -2.52. The number of hydrogen-bond donors (Lipinski definition) is 2. The van der Waals surface area contributed by atoms with E-state index in [4.69, 9.17) is 0 Å².